The zero-order valence-corrected chi connectivity index (χ0v) is 15.4. The molecule has 3 N–H and O–H groups in total. The number of primary sulfonamides is 1. The number of anilines is 1. The lowest BCUT2D eigenvalue weighted by Crippen LogP contribution is -2.15. The summed E-state index contributed by atoms with van der Waals surface area (Å²) in [6, 6.07) is 11.0. The predicted molar refractivity (Wildman–Crippen MR) is 92.9 cm³/mol. The van der Waals surface area contributed by atoms with Gasteiger partial charge in [0, 0.05) is 10.2 Å². The minimum Gasteiger partial charge on any atom is -0.280 e. The molecule has 2 rings (SSSR count). The molecule has 2 aromatic carbocycles. The summed E-state index contributed by atoms with van der Waals surface area (Å²) < 4.78 is 50.1. The van der Waals surface area contributed by atoms with Gasteiger partial charge in [-0.25, -0.2) is 22.0 Å². The van der Waals surface area contributed by atoms with Gasteiger partial charge in [-0.15, -0.1) is 0 Å². The van der Waals surface area contributed by atoms with Crippen LogP contribution in [0.5, 0.6) is 0 Å². The molecule has 124 valence electrons. The van der Waals surface area contributed by atoms with Gasteiger partial charge in [-0.05, 0) is 42.3 Å². The summed E-state index contributed by atoms with van der Waals surface area (Å²) in [6.07, 6.45) is 0. The molecule has 0 unspecified atom stereocenters. The van der Waals surface area contributed by atoms with Crippen molar-refractivity contribution >= 4 is 41.7 Å². The third-order valence-corrected chi connectivity index (χ3v) is 5.77. The molecule has 0 amide bonds. The molecule has 0 atom stereocenters. The quantitative estimate of drug-likeness (QED) is 0.776. The van der Waals surface area contributed by atoms with E-state index >= 15 is 0 Å². The Morgan fingerprint density at radius 3 is 2.22 bits per heavy atom. The maximum atomic E-state index is 12.4. The number of nitrogens with one attached hydrogen (secondary N) is 1. The van der Waals surface area contributed by atoms with Crippen LogP contribution in [0.4, 0.5) is 5.69 Å². The number of aryl methyl sites for hydroxylation is 1. The van der Waals surface area contributed by atoms with Gasteiger partial charge < -0.3 is 0 Å². The Bertz CT molecular complexity index is 924. The van der Waals surface area contributed by atoms with Crippen molar-refractivity contribution in [2.24, 2.45) is 5.14 Å². The smallest absolute Gasteiger partial charge is 0.262 e. The number of hydrogen-bond donors (Lipinski definition) is 2. The highest BCUT2D eigenvalue weighted by atomic mass is 79.9. The Morgan fingerprint density at radius 1 is 1.04 bits per heavy atom. The van der Waals surface area contributed by atoms with Gasteiger partial charge in [-0.1, -0.05) is 34.1 Å². The lowest BCUT2D eigenvalue weighted by molar-refractivity contribution is 0.596. The summed E-state index contributed by atoms with van der Waals surface area (Å²) in [7, 11) is -7.36. The summed E-state index contributed by atoms with van der Waals surface area (Å²) in [5, 5.41) is 4.97. The van der Waals surface area contributed by atoms with Gasteiger partial charge in [-0.2, -0.15) is 0 Å². The molecule has 0 bridgehead atoms. The lowest BCUT2D eigenvalue weighted by Gasteiger charge is -2.11. The van der Waals surface area contributed by atoms with E-state index in [4.69, 9.17) is 5.14 Å². The molecule has 0 spiro atoms. The van der Waals surface area contributed by atoms with Gasteiger partial charge in [0.15, 0.2) is 0 Å². The van der Waals surface area contributed by atoms with Gasteiger partial charge >= 0.3 is 0 Å². The fourth-order valence-electron chi connectivity index (χ4n) is 1.97. The van der Waals surface area contributed by atoms with Crippen LogP contribution in [-0.4, -0.2) is 16.8 Å². The first kappa shape index (κ1) is 17.9. The summed E-state index contributed by atoms with van der Waals surface area (Å²) in [5.74, 6) is -0.301. The maximum absolute atomic E-state index is 12.4. The fourth-order valence-corrected chi connectivity index (χ4v) is 4.47. The Morgan fingerprint density at radius 2 is 1.65 bits per heavy atom. The van der Waals surface area contributed by atoms with Crippen LogP contribution in [0.15, 0.2) is 51.8 Å². The van der Waals surface area contributed by atoms with E-state index in [2.05, 4.69) is 20.7 Å². The normalized spacial score (nSPS) is 12.1. The minimum atomic E-state index is -3.74. The molecule has 23 heavy (non-hydrogen) atoms. The van der Waals surface area contributed by atoms with Gasteiger partial charge in [0.25, 0.3) is 10.0 Å². The van der Waals surface area contributed by atoms with Crippen molar-refractivity contribution < 1.29 is 16.8 Å². The average Bonchev–Trinajstić information content (AvgIpc) is 2.42. The van der Waals surface area contributed by atoms with E-state index in [-0.39, 0.29) is 10.6 Å². The Hall–Kier alpha value is -1.42. The second kappa shape index (κ2) is 6.60. The first-order chi connectivity index (χ1) is 10.6. The summed E-state index contributed by atoms with van der Waals surface area (Å²) in [4.78, 5) is 0.167. The summed E-state index contributed by atoms with van der Waals surface area (Å²) >= 11 is 3.25. The second-order valence-corrected chi connectivity index (χ2v) is 9.20. The van der Waals surface area contributed by atoms with Crippen LogP contribution in [0.2, 0.25) is 0 Å². The average molecular weight is 419 g/mol. The molecule has 9 heteroatoms. The zero-order valence-electron chi connectivity index (χ0n) is 12.2. The molecule has 0 aromatic heterocycles. The van der Waals surface area contributed by atoms with Crippen LogP contribution >= 0.6 is 15.9 Å². The van der Waals surface area contributed by atoms with Crippen molar-refractivity contribution in [1.29, 1.82) is 0 Å². The molecule has 0 aliphatic rings. The zero-order chi connectivity index (χ0) is 17.3. The van der Waals surface area contributed by atoms with Crippen LogP contribution in [0.1, 0.15) is 11.1 Å². The van der Waals surface area contributed by atoms with E-state index in [9.17, 15) is 16.8 Å². The lowest BCUT2D eigenvalue weighted by atomic mass is 10.2. The van der Waals surface area contributed by atoms with Crippen LogP contribution in [-0.2, 0) is 25.8 Å². The third kappa shape index (κ3) is 5.03. The first-order valence-corrected chi connectivity index (χ1v) is 10.4. The molecule has 0 saturated carbocycles. The van der Waals surface area contributed by atoms with Crippen LogP contribution < -0.4 is 9.86 Å². The van der Waals surface area contributed by atoms with Crippen molar-refractivity contribution in [1.82, 2.24) is 0 Å². The molecule has 0 aliphatic heterocycles. The van der Waals surface area contributed by atoms with E-state index in [0.717, 1.165) is 0 Å². The van der Waals surface area contributed by atoms with E-state index in [1.54, 1.807) is 19.1 Å². The van der Waals surface area contributed by atoms with Gasteiger partial charge in [0.2, 0.25) is 10.0 Å². The van der Waals surface area contributed by atoms with Crippen LogP contribution in [0.3, 0.4) is 0 Å². The summed E-state index contributed by atoms with van der Waals surface area (Å²) in [6.45, 7) is 1.70. The molecule has 0 radical (unpaired) electrons. The molecule has 6 nitrogen and oxygen atoms in total. The number of nitrogens with two attached hydrogens (primary N) is 1. The van der Waals surface area contributed by atoms with Crippen molar-refractivity contribution in [3.63, 3.8) is 0 Å². The largest absolute Gasteiger partial charge is 0.280 e. The first-order valence-electron chi connectivity index (χ1n) is 6.45. The van der Waals surface area contributed by atoms with Gasteiger partial charge in [-0.3, -0.25) is 4.72 Å². The number of benzene rings is 2. The fraction of sp³-hybridized carbons (Fsp3) is 0.143. The maximum Gasteiger partial charge on any atom is 0.262 e. The van der Waals surface area contributed by atoms with E-state index < -0.39 is 20.0 Å². The van der Waals surface area contributed by atoms with Crippen molar-refractivity contribution in [2.45, 2.75) is 17.6 Å². The third-order valence-electron chi connectivity index (χ3n) is 3.01. The highest BCUT2D eigenvalue weighted by Crippen LogP contribution is 2.23. The monoisotopic (exact) mass is 418 g/mol. The van der Waals surface area contributed by atoms with Gasteiger partial charge in [0.05, 0.1) is 10.6 Å². The number of hydrogen-bond acceptors (Lipinski definition) is 4. The molecule has 2 aromatic rings. The van der Waals surface area contributed by atoms with Crippen LogP contribution in [0, 0.1) is 6.92 Å². The van der Waals surface area contributed by atoms with Crippen molar-refractivity contribution in [3.05, 3.63) is 58.1 Å². The Labute approximate surface area is 143 Å². The van der Waals surface area contributed by atoms with Crippen molar-refractivity contribution in [3.8, 4) is 0 Å². The molecule has 0 fully saturated rings. The summed E-state index contributed by atoms with van der Waals surface area (Å²) in [5.41, 5.74) is 1.43. The van der Waals surface area contributed by atoms with E-state index in [1.165, 1.54) is 30.3 Å². The minimum absolute atomic E-state index is 0.167. The number of halogens is 1. The highest BCUT2D eigenvalue weighted by Gasteiger charge is 2.17. The molecule has 0 saturated heterocycles. The molecule has 0 aliphatic carbocycles. The second-order valence-electron chi connectivity index (χ2n) is 5.02. The standard InChI is InChI=1S/C14H15BrN2O4S2/c1-10-2-5-12(15)8-14(10)23(20,21)17-13-6-3-11(4-7-13)9-22(16,18)19/h2-8,17H,9H2,1H3,(H2,16,18,19). The Kier molecular flexibility index (Phi) is 5.14. The van der Waals surface area contributed by atoms with E-state index in [1.807, 2.05) is 0 Å². The highest BCUT2D eigenvalue weighted by molar-refractivity contribution is 9.10. The van der Waals surface area contributed by atoms with Crippen molar-refractivity contribution in [2.75, 3.05) is 4.72 Å². The predicted octanol–water partition coefficient (Wildman–Crippen LogP) is 2.35. The van der Waals surface area contributed by atoms with Crippen LogP contribution in [0.25, 0.3) is 0 Å². The van der Waals surface area contributed by atoms with E-state index in [0.29, 0.717) is 21.3 Å². The Balaban J connectivity index is 2.26. The van der Waals surface area contributed by atoms with Gasteiger partial charge in [0.1, 0.15) is 0 Å². The topological polar surface area (TPSA) is 106 Å². The molecule has 0 heterocycles. The number of rotatable bonds is 5. The molecular weight excluding hydrogens is 404 g/mol. The number of sulfonamides is 2. The molecular formula is C14H15BrN2O4S2. The SMILES string of the molecule is Cc1ccc(Br)cc1S(=O)(=O)Nc1ccc(CS(N)(=O)=O)cc1.